The van der Waals surface area contributed by atoms with Crippen molar-refractivity contribution in [2.24, 2.45) is 0 Å². The van der Waals surface area contributed by atoms with Gasteiger partial charge in [0.2, 0.25) is 0 Å². The van der Waals surface area contributed by atoms with Gasteiger partial charge in [0.05, 0.1) is 24.6 Å². The molecular formula is C21H28N2O2S. The van der Waals surface area contributed by atoms with Crippen molar-refractivity contribution in [3.8, 4) is 0 Å². The standard InChI is InChI=1S/C21H28N2O2S/c1-5-16-7-6-8-18-21(16)22-20-15(2)13-17(14-19(20)26-18)23(9-11-24-3)10-12-25-4/h6-8,13-14,22H,5,9-12H2,1-4H3. The van der Waals surface area contributed by atoms with Crippen LogP contribution < -0.4 is 10.2 Å². The maximum absolute atomic E-state index is 5.29. The molecule has 0 aliphatic carbocycles. The van der Waals surface area contributed by atoms with Crippen LogP contribution in [0.5, 0.6) is 0 Å². The molecule has 2 aromatic rings. The molecule has 0 saturated carbocycles. The zero-order chi connectivity index (χ0) is 18.5. The van der Waals surface area contributed by atoms with Gasteiger partial charge in [-0.3, -0.25) is 0 Å². The molecule has 0 amide bonds. The number of nitrogens with one attached hydrogen (secondary N) is 1. The second-order valence-corrected chi connectivity index (χ2v) is 7.56. The van der Waals surface area contributed by atoms with Crippen LogP contribution in [0.2, 0.25) is 0 Å². The number of benzene rings is 2. The maximum atomic E-state index is 5.29. The van der Waals surface area contributed by atoms with Crippen LogP contribution >= 0.6 is 11.8 Å². The van der Waals surface area contributed by atoms with Crippen LogP contribution in [0.15, 0.2) is 40.1 Å². The summed E-state index contributed by atoms with van der Waals surface area (Å²) in [6, 6.07) is 11.1. The first kappa shape index (κ1) is 19.1. The summed E-state index contributed by atoms with van der Waals surface area (Å²) in [5.74, 6) is 0. The lowest BCUT2D eigenvalue weighted by molar-refractivity contribution is 0.190. The smallest absolute Gasteiger partial charge is 0.0637 e. The van der Waals surface area contributed by atoms with E-state index in [9.17, 15) is 0 Å². The number of hydrogen-bond acceptors (Lipinski definition) is 5. The molecule has 1 aliphatic rings. The highest BCUT2D eigenvalue weighted by atomic mass is 32.2. The third kappa shape index (κ3) is 4.00. The highest BCUT2D eigenvalue weighted by Gasteiger charge is 2.21. The molecule has 0 bridgehead atoms. The summed E-state index contributed by atoms with van der Waals surface area (Å²) < 4.78 is 10.6. The van der Waals surface area contributed by atoms with Gasteiger partial charge in [-0.15, -0.1) is 0 Å². The van der Waals surface area contributed by atoms with E-state index in [0.717, 1.165) is 19.5 Å². The minimum atomic E-state index is 0.702. The van der Waals surface area contributed by atoms with Crippen molar-refractivity contribution in [2.45, 2.75) is 30.1 Å². The van der Waals surface area contributed by atoms with Gasteiger partial charge in [0, 0.05) is 42.8 Å². The molecule has 0 aromatic heterocycles. The quantitative estimate of drug-likeness (QED) is 0.610. The van der Waals surface area contributed by atoms with Gasteiger partial charge in [0.25, 0.3) is 0 Å². The van der Waals surface area contributed by atoms with Gasteiger partial charge in [-0.2, -0.15) is 0 Å². The van der Waals surface area contributed by atoms with E-state index in [-0.39, 0.29) is 0 Å². The van der Waals surface area contributed by atoms with E-state index in [1.54, 1.807) is 14.2 Å². The van der Waals surface area contributed by atoms with Crippen molar-refractivity contribution in [3.63, 3.8) is 0 Å². The average molecular weight is 373 g/mol. The van der Waals surface area contributed by atoms with Crippen LogP contribution in [0.3, 0.4) is 0 Å². The van der Waals surface area contributed by atoms with E-state index < -0.39 is 0 Å². The molecule has 4 nitrogen and oxygen atoms in total. The van der Waals surface area contributed by atoms with Crippen LogP contribution in [-0.2, 0) is 15.9 Å². The highest BCUT2D eigenvalue weighted by Crippen LogP contribution is 2.48. The van der Waals surface area contributed by atoms with Crippen molar-refractivity contribution in [1.29, 1.82) is 0 Å². The van der Waals surface area contributed by atoms with E-state index in [0.29, 0.717) is 13.2 Å². The molecule has 0 atom stereocenters. The van der Waals surface area contributed by atoms with Crippen molar-refractivity contribution < 1.29 is 9.47 Å². The second kappa shape index (κ2) is 8.80. The number of fused-ring (bicyclic) bond motifs is 2. The molecule has 5 heteroatoms. The molecule has 0 fully saturated rings. The van der Waals surface area contributed by atoms with E-state index in [1.165, 1.54) is 38.0 Å². The van der Waals surface area contributed by atoms with Crippen LogP contribution in [0.1, 0.15) is 18.1 Å². The Morgan fingerprint density at radius 1 is 1.00 bits per heavy atom. The third-order valence-corrected chi connectivity index (χ3v) is 5.85. The van der Waals surface area contributed by atoms with Gasteiger partial charge in [0.1, 0.15) is 0 Å². The van der Waals surface area contributed by atoms with Crippen LogP contribution in [0.4, 0.5) is 17.1 Å². The summed E-state index contributed by atoms with van der Waals surface area (Å²) in [7, 11) is 3.49. The predicted molar refractivity (Wildman–Crippen MR) is 110 cm³/mol. The number of rotatable bonds is 8. The lowest BCUT2D eigenvalue weighted by atomic mass is 10.1. The molecular weight excluding hydrogens is 344 g/mol. The Balaban J connectivity index is 1.92. The average Bonchev–Trinajstić information content (AvgIpc) is 2.66. The Hall–Kier alpha value is -1.69. The van der Waals surface area contributed by atoms with E-state index >= 15 is 0 Å². The molecule has 3 rings (SSSR count). The number of ether oxygens (including phenoxy) is 2. The molecule has 0 spiro atoms. The number of nitrogens with zero attached hydrogens (tertiary/aromatic N) is 1. The van der Waals surface area contributed by atoms with Gasteiger partial charge < -0.3 is 19.7 Å². The molecule has 1 aliphatic heterocycles. The number of anilines is 3. The highest BCUT2D eigenvalue weighted by molar-refractivity contribution is 7.99. The lowest BCUT2D eigenvalue weighted by Crippen LogP contribution is -2.30. The topological polar surface area (TPSA) is 33.7 Å². The monoisotopic (exact) mass is 372 g/mol. The van der Waals surface area contributed by atoms with Crippen molar-refractivity contribution in [1.82, 2.24) is 0 Å². The molecule has 0 saturated heterocycles. The van der Waals surface area contributed by atoms with Gasteiger partial charge in [-0.1, -0.05) is 30.8 Å². The zero-order valence-electron chi connectivity index (χ0n) is 16.1. The fourth-order valence-electron chi connectivity index (χ4n) is 3.27. The van der Waals surface area contributed by atoms with Crippen molar-refractivity contribution in [2.75, 3.05) is 50.7 Å². The van der Waals surface area contributed by atoms with Crippen LogP contribution in [0, 0.1) is 6.92 Å². The summed E-state index contributed by atoms with van der Waals surface area (Å²) in [5, 5.41) is 3.69. The first-order chi connectivity index (χ1) is 12.7. The van der Waals surface area contributed by atoms with Crippen molar-refractivity contribution in [3.05, 3.63) is 41.5 Å². The summed E-state index contributed by atoms with van der Waals surface area (Å²) in [6.45, 7) is 7.50. The minimum absolute atomic E-state index is 0.702. The fraction of sp³-hybridized carbons (Fsp3) is 0.429. The Kier molecular flexibility index (Phi) is 6.46. The summed E-state index contributed by atoms with van der Waals surface area (Å²) >= 11 is 1.85. The minimum Gasteiger partial charge on any atom is -0.383 e. The number of aryl methyl sites for hydroxylation is 2. The van der Waals surface area contributed by atoms with Crippen LogP contribution in [0.25, 0.3) is 0 Å². The normalized spacial score (nSPS) is 12.3. The van der Waals surface area contributed by atoms with E-state index in [4.69, 9.17) is 9.47 Å². The van der Waals surface area contributed by atoms with Gasteiger partial charge in [-0.05, 0) is 42.7 Å². The third-order valence-electron chi connectivity index (χ3n) is 4.74. The largest absolute Gasteiger partial charge is 0.383 e. The number of hydrogen-bond donors (Lipinski definition) is 1. The molecule has 140 valence electrons. The summed E-state index contributed by atoms with van der Waals surface area (Å²) in [5.41, 5.74) is 6.34. The molecule has 26 heavy (non-hydrogen) atoms. The first-order valence-electron chi connectivity index (χ1n) is 9.12. The fourth-order valence-corrected chi connectivity index (χ4v) is 4.44. The lowest BCUT2D eigenvalue weighted by Gasteiger charge is -2.29. The Morgan fingerprint density at radius 3 is 2.38 bits per heavy atom. The molecule has 1 heterocycles. The summed E-state index contributed by atoms with van der Waals surface area (Å²) in [4.78, 5) is 4.91. The molecule has 1 N–H and O–H groups in total. The van der Waals surface area contributed by atoms with Crippen molar-refractivity contribution >= 4 is 28.8 Å². The van der Waals surface area contributed by atoms with Crippen LogP contribution in [-0.4, -0.2) is 40.5 Å². The molecule has 0 unspecified atom stereocenters. The number of para-hydroxylation sites is 1. The Bertz CT molecular complexity index is 756. The number of methoxy groups -OCH3 is 2. The van der Waals surface area contributed by atoms with Gasteiger partial charge in [0.15, 0.2) is 0 Å². The van der Waals surface area contributed by atoms with Gasteiger partial charge in [-0.25, -0.2) is 0 Å². The second-order valence-electron chi connectivity index (χ2n) is 6.48. The zero-order valence-corrected chi connectivity index (χ0v) is 16.9. The first-order valence-corrected chi connectivity index (χ1v) is 9.93. The molecule has 2 aromatic carbocycles. The Labute approximate surface area is 160 Å². The van der Waals surface area contributed by atoms with E-state index in [2.05, 4.69) is 54.4 Å². The SMILES string of the molecule is CCc1cccc2c1Nc1c(C)cc(N(CCOC)CCOC)cc1S2. The van der Waals surface area contributed by atoms with E-state index in [1.807, 2.05) is 11.8 Å². The Morgan fingerprint density at radius 2 is 1.73 bits per heavy atom. The predicted octanol–water partition coefficient (Wildman–Crippen LogP) is 4.86. The molecule has 0 radical (unpaired) electrons. The van der Waals surface area contributed by atoms with Gasteiger partial charge >= 0.3 is 0 Å². The maximum Gasteiger partial charge on any atom is 0.0637 e. The summed E-state index contributed by atoms with van der Waals surface area (Å²) in [6.07, 6.45) is 1.03.